The van der Waals surface area contributed by atoms with Crippen LogP contribution in [-0.2, 0) is 14.4 Å². The van der Waals surface area contributed by atoms with Crippen LogP contribution >= 0.6 is 0 Å². The third-order valence-electron chi connectivity index (χ3n) is 4.70. The van der Waals surface area contributed by atoms with E-state index in [1.807, 2.05) is 4.90 Å². The molecule has 3 amide bonds. The van der Waals surface area contributed by atoms with Crippen molar-refractivity contribution in [3.63, 3.8) is 0 Å². The lowest BCUT2D eigenvalue weighted by atomic mass is 10.1. The molecule has 1 N–H and O–H groups in total. The summed E-state index contributed by atoms with van der Waals surface area (Å²) < 4.78 is 0. The Balaban J connectivity index is 1.72. The molecule has 8 heteroatoms. The highest BCUT2D eigenvalue weighted by Gasteiger charge is 2.43. The van der Waals surface area contributed by atoms with Gasteiger partial charge in [-0.15, -0.1) is 0 Å². The number of aromatic carboxylic acids is 1. The number of amides is 3. The summed E-state index contributed by atoms with van der Waals surface area (Å²) in [7, 11) is 0. The van der Waals surface area contributed by atoms with Gasteiger partial charge in [0.1, 0.15) is 0 Å². The maximum Gasteiger partial charge on any atom is 0.335 e. The Hall–Kier alpha value is -2.74. The zero-order valence-electron chi connectivity index (χ0n) is 13.8. The van der Waals surface area contributed by atoms with Gasteiger partial charge in [-0.05, 0) is 24.3 Å². The molecule has 0 saturated carbocycles. The van der Waals surface area contributed by atoms with Gasteiger partial charge in [0.05, 0.1) is 23.7 Å². The van der Waals surface area contributed by atoms with E-state index in [-0.39, 0.29) is 29.7 Å². The molecule has 0 aromatic heterocycles. The SMILES string of the molecule is CC(=O)N1CCN(C2CC(=O)N(c3ccc(C(=O)O)cc3)C2=O)CC1. The van der Waals surface area contributed by atoms with Gasteiger partial charge in [-0.3, -0.25) is 19.3 Å². The highest BCUT2D eigenvalue weighted by molar-refractivity contribution is 6.22. The molecule has 0 radical (unpaired) electrons. The maximum absolute atomic E-state index is 12.7. The molecule has 2 aliphatic heterocycles. The fourth-order valence-electron chi connectivity index (χ4n) is 3.27. The topological polar surface area (TPSA) is 98.2 Å². The van der Waals surface area contributed by atoms with Crippen LogP contribution in [0.15, 0.2) is 24.3 Å². The summed E-state index contributed by atoms with van der Waals surface area (Å²) in [6, 6.07) is 5.15. The number of hydrogen-bond donors (Lipinski definition) is 1. The van der Waals surface area contributed by atoms with E-state index in [2.05, 4.69) is 0 Å². The molecule has 2 aliphatic rings. The second-order valence-corrected chi connectivity index (χ2v) is 6.18. The van der Waals surface area contributed by atoms with Crippen LogP contribution in [0.2, 0.25) is 0 Å². The smallest absolute Gasteiger partial charge is 0.335 e. The van der Waals surface area contributed by atoms with Crippen LogP contribution in [0, 0.1) is 0 Å². The molecule has 0 spiro atoms. The zero-order chi connectivity index (χ0) is 18.1. The van der Waals surface area contributed by atoms with E-state index in [1.54, 1.807) is 4.90 Å². The van der Waals surface area contributed by atoms with Crippen molar-refractivity contribution in [1.82, 2.24) is 9.80 Å². The number of anilines is 1. The third kappa shape index (κ3) is 3.25. The fraction of sp³-hybridized carbons (Fsp3) is 0.412. The summed E-state index contributed by atoms with van der Waals surface area (Å²) in [4.78, 5) is 52.1. The van der Waals surface area contributed by atoms with E-state index in [4.69, 9.17) is 5.11 Å². The molecular formula is C17H19N3O5. The van der Waals surface area contributed by atoms with Gasteiger partial charge in [0.25, 0.3) is 5.91 Å². The van der Waals surface area contributed by atoms with Gasteiger partial charge in [-0.1, -0.05) is 0 Å². The molecule has 25 heavy (non-hydrogen) atoms. The lowest BCUT2D eigenvalue weighted by molar-refractivity contribution is -0.131. The number of carbonyl (C=O) groups excluding carboxylic acids is 3. The van der Waals surface area contributed by atoms with Crippen molar-refractivity contribution in [2.45, 2.75) is 19.4 Å². The molecule has 1 aromatic carbocycles. The van der Waals surface area contributed by atoms with Crippen LogP contribution in [0.5, 0.6) is 0 Å². The highest BCUT2D eigenvalue weighted by atomic mass is 16.4. The quantitative estimate of drug-likeness (QED) is 0.785. The van der Waals surface area contributed by atoms with Gasteiger partial charge in [0.15, 0.2) is 0 Å². The first kappa shape index (κ1) is 17.1. The minimum atomic E-state index is -1.06. The van der Waals surface area contributed by atoms with Crippen molar-refractivity contribution in [3.05, 3.63) is 29.8 Å². The van der Waals surface area contributed by atoms with E-state index in [0.29, 0.717) is 31.9 Å². The Kier molecular flexibility index (Phi) is 4.54. The number of imide groups is 1. The second kappa shape index (κ2) is 6.64. The highest BCUT2D eigenvalue weighted by Crippen LogP contribution is 2.26. The molecule has 2 heterocycles. The molecule has 2 fully saturated rings. The number of nitrogens with zero attached hydrogens (tertiary/aromatic N) is 3. The lowest BCUT2D eigenvalue weighted by Gasteiger charge is -2.36. The van der Waals surface area contributed by atoms with Gasteiger partial charge < -0.3 is 10.0 Å². The monoisotopic (exact) mass is 345 g/mol. The number of benzene rings is 1. The van der Waals surface area contributed by atoms with E-state index in [0.717, 1.165) is 4.90 Å². The van der Waals surface area contributed by atoms with E-state index >= 15 is 0 Å². The first-order chi connectivity index (χ1) is 11.9. The van der Waals surface area contributed by atoms with Crippen molar-refractivity contribution in [1.29, 1.82) is 0 Å². The molecule has 1 atom stereocenters. The first-order valence-electron chi connectivity index (χ1n) is 8.08. The Bertz CT molecular complexity index is 722. The normalized spacial score (nSPS) is 21.7. The lowest BCUT2D eigenvalue weighted by Crippen LogP contribution is -2.53. The predicted molar refractivity (Wildman–Crippen MR) is 88.1 cm³/mol. The van der Waals surface area contributed by atoms with Crippen LogP contribution < -0.4 is 4.90 Å². The summed E-state index contributed by atoms with van der Waals surface area (Å²) in [5, 5.41) is 8.94. The van der Waals surface area contributed by atoms with Crippen LogP contribution in [-0.4, -0.2) is 70.8 Å². The summed E-state index contributed by atoms with van der Waals surface area (Å²) in [6.45, 7) is 3.70. The molecular weight excluding hydrogens is 326 g/mol. The molecule has 0 aliphatic carbocycles. The van der Waals surface area contributed by atoms with Crippen LogP contribution in [0.4, 0.5) is 5.69 Å². The van der Waals surface area contributed by atoms with Crippen molar-refractivity contribution >= 4 is 29.4 Å². The van der Waals surface area contributed by atoms with Gasteiger partial charge >= 0.3 is 5.97 Å². The average molecular weight is 345 g/mol. The second-order valence-electron chi connectivity index (χ2n) is 6.18. The Labute approximate surface area is 144 Å². The van der Waals surface area contributed by atoms with Crippen LogP contribution in [0.1, 0.15) is 23.7 Å². The van der Waals surface area contributed by atoms with E-state index in [9.17, 15) is 19.2 Å². The third-order valence-corrected chi connectivity index (χ3v) is 4.70. The largest absolute Gasteiger partial charge is 0.478 e. The van der Waals surface area contributed by atoms with Crippen LogP contribution in [0.3, 0.4) is 0 Å². The number of hydrogen-bond acceptors (Lipinski definition) is 5. The van der Waals surface area contributed by atoms with Crippen molar-refractivity contribution in [2.75, 3.05) is 31.1 Å². The molecule has 8 nitrogen and oxygen atoms in total. The molecule has 1 aromatic rings. The summed E-state index contributed by atoms with van der Waals surface area (Å²) in [5.41, 5.74) is 0.477. The van der Waals surface area contributed by atoms with Gasteiger partial charge in [-0.25, -0.2) is 9.69 Å². The Morgan fingerprint density at radius 2 is 1.64 bits per heavy atom. The number of carboxylic acid groups (broad SMARTS) is 1. The molecule has 132 valence electrons. The van der Waals surface area contributed by atoms with Gasteiger partial charge in [-0.2, -0.15) is 0 Å². The minimum absolute atomic E-state index is 0.00798. The fourth-order valence-corrected chi connectivity index (χ4v) is 3.27. The number of piperazine rings is 1. The molecule has 3 rings (SSSR count). The Morgan fingerprint density at radius 1 is 1.04 bits per heavy atom. The number of rotatable bonds is 3. The summed E-state index contributed by atoms with van der Waals surface area (Å²) >= 11 is 0. The summed E-state index contributed by atoms with van der Waals surface area (Å²) in [6.07, 6.45) is 0.0968. The Morgan fingerprint density at radius 3 is 2.16 bits per heavy atom. The van der Waals surface area contributed by atoms with Crippen LogP contribution in [0.25, 0.3) is 0 Å². The van der Waals surface area contributed by atoms with Crippen molar-refractivity contribution < 1.29 is 24.3 Å². The van der Waals surface area contributed by atoms with E-state index in [1.165, 1.54) is 31.2 Å². The number of carboxylic acids is 1. The predicted octanol–water partition coefficient (Wildman–Crippen LogP) is 0.181. The molecule has 0 bridgehead atoms. The average Bonchev–Trinajstić information content (AvgIpc) is 2.89. The van der Waals surface area contributed by atoms with Crippen molar-refractivity contribution in [2.24, 2.45) is 0 Å². The van der Waals surface area contributed by atoms with Crippen molar-refractivity contribution in [3.8, 4) is 0 Å². The molecule has 1 unspecified atom stereocenters. The zero-order valence-corrected chi connectivity index (χ0v) is 13.8. The van der Waals surface area contributed by atoms with Gasteiger partial charge in [0.2, 0.25) is 11.8 Å². The van der Waals surface area contributed by atoms with Gasteiger partial charge in [0, 0.05) is 33.1 Å². The first-order valence-corrected chi connectivity index (χ1v) is 8.08. The number of carbonyl (C=O) groups is 4. The maximum atomic E-state index is 12.7. The molecule has 2 saturated heterocycles. The standard InChI is InChI=1S/C17H19N3O5/c1-11(21)18-6-8-19(9-7-18)14-10-15(22)20(16(14)23)13-4-2-12(3-5-13)17(24)25/h2-5,14H,6-10H2,1H3,(H,24,25). The van der Waals surface area contributed by atoms with E-state index < -0.39 is 12.0 Å². The minimum Gasteiger partial charge on any atom is -0.478 e. The summed E-state index contributed by atoms with van der Waals surface area (Å²) in [5.74, 6) is -1.66.